The summed E-state index contributed by atoms with van der Waals surface area (Å²) in [5, 5.41) is -0.172. The molecule has 0 atom stereocenters. The van der Waals surface area contributed by atoms with Gasteiger partial charge >= 0.3 is 0 Å². The average molecular weight is 396 g/mol. The van der Waals surface area contributed by atoms with Crippen LogP contribution in [0.4, 0.5) is 4.39 Å². The van der Waals surface area contributed by atoms with Gasteiger partial charge in [-0.25, -0.2) is 17.8 Å². The molecule has 1 aromatic carbocycles. The van der Waals surface area contributed by atoms with E-state index in [4.69, 9.17) is 10.7 Å². The Morgan fingerprint density at radius 2 is 2.10 bits per heavy atom. The number of imidazole rings is 1. The van der Waals surface area contributed by atoms with Gasteiger partial charge in [-0.2, -0.15) is 0 Å². The highest BCUT2D eigenvalue weighted by Gasteiger charge is 2.19. The maximum Gasteiger partial charge on any atom is 0.280 e. The molecule has 0 N–H and O–H groups in total. The van der Waals surface area contributed by atoms with Crippen LogP contribution in [-0.4, -0.2) is 18.0 Å². The number of halogens is 3. The fraction of sp³-hybridized carbons (Fsp3) is 0.308. The summed E-state index contributed by atoms with van der Waals surface area (Å²) in [7, 11) is 1.46. The molecule has 1 heterocycles. The van der Waals surface area contributed by atoms with E-state index in [1.54, 1.807) is 16.7 Å². The minimum atomic E-state index is -3.87. The molecule has 2 rings (SSSR count). The van der Waals surface area contributed by atoms with Crippen LogP contribution in [0.2, 0.25) is 0 Å². The lowest BCUT2D eigenvalue weighted by Crippen LogP contribution is -2.05. The monoisotopic (exact) mass is 394 g/mol. The summed E-state index contributed by atoms with van der Waals surface area (Å²) in [6.45, 7) is 4.19. The highest BCUT2D eigenvalue weighted by Crippen LogP contribution is 2.22. The molecule has 0 aliphatic rings. The molecule has 0 fully saturated rings. The van der Waals surface area contributed by atoms with Gasteiger partial charge in [-0.3, -0.25) is 0 Å². The maximum atomic E-state index is 13.2. The zero-order valence-corrected chi connectivity index (χ0v) is 14.5. The van der Waals surface area contributed by atoms with Crippen LogP contribution >= 0.6 is 26.6 Å². The third kappa shape index (κ3) is 3.84. The Kier molecular flexibility index (Phi) is 4.75. The van der Waals surface area contributed by atoms with E-state index in [1.807, 2.05) is 13.8 Å². The van der Waals surface area contributed by atoms with E-state index >= 15 is 0 Å². The van der Waals surface area contributed by atoms with Crippen molar-refractivity contribution in [2.75, 3.05) is 0 Å². The van der Waals surface area contributed by atoms with Crippen molar-refractivity contribution in [3.8, 4) is 0 Å². The second-order valence-corrected chi connectivity index (χ2v) is 8.27. The van der Waals surface area contributed by atoms with Crippen molar-refractivity contribution in [2.45, 2.75) is 31.3 Å². The van der Waals surface area contributed by atoms with Crippen molar-refractivity contribution < 1.29 is 12.8 Å². The van der Waals surface area contributed by atoms with Gasteiger partial charge in [0.15, 0.2) is 5.03 Å². The Balaban J connectivity index is 2.43. The number of hydrogen-bond donors (Lipinski definition) is 0. The van der Waals surface area contributed by atoms with E-state index < -0.39 is 9.05 Å². The van der Waals surface area contributed by atoms with Gasteiger partial charge < -0.3 is 4.57 Å². The molecule has 0 bridgehead atoms. The summed E-state index contributed by atoms with van der Waals surface area (Å²) in [6.07, 6.45) is 1.40. The van der Waals surface area contributed by atoms with Crippen LogP contribution in [0.25, 0.3) is 0 Å². The summed E-state index contributed by atoms with van der Waals surface area (Å²) in [6, 6.07) is 4.64. The van der Waals surface area contributed by atoms with Gasteiger partial charge in [0, 0.05) is 29.3 Å². The second kappa shape index (κ2) is 6.06. The van der Waals surface area contributed by atoms with Gasteiger partial charge in [0.25, 0.3) is 9.05 Å². The van der Waals surface area contributed by atoms with Crippen molar-refractivity contribution in [3.05, 3.63) is 46.1 Å². The zero-order chi connectivity index (χ0) is 15.8. The van der Waals surface area contributed by atoms with Crippen LogP contribution in [0.3, 0.4) is 0 Å². The van der Waals surface area contributed by atoms with Crippen molar-refractivity contribution in [1.82, 2.24) is 9.55 Å². The normalized spacial score (nSPS) is 12.1. The largest absolute Gasteiger partial charge is 0.329 e. The Morgan fingerprint density at radius 1 is 1.43 bits per heavy atom. The van der Waals surface area contributed by atoms with Gasteiger partial charge in [-0.15, -0.1) is 0 Å². The lowest BCUT2D eigenvalue weighted by Gasteiger charge is -2.10. The SMILES string of the molecule is CC(C)c1nc(S(=O)(=O)Cl)cn1Cc1ccc(F)c(Br)c1. The van der Waals surface area contributed by atoms with Gasteiger partial charge in [-0.05, 0) is 33.6 Å². The number of nitrogens with zero attached hydrogens (tertiary/aromatic N) is 2. The lowest BCUT2D eigenvalue weighted by atomic mass is 10.2. The molecule has 0 unspecified atom stereocenters. The number of benzene rings is 1. The molecule has 0 aliphatic heterocycles. The quantitative estimate of drug-likeness (QED) is 0.738. The summed E-state index contributed by atoms with van der Waals surface area (Å²) in [5.74, 6) is 0.285. The third-order valence-electron chi connectivity index (χ3n) is 2.89. The van der Waals surface area contributed by atoms with Crippen LogP contribution in [0, 0.1) is 5.82 Å². The van der Waals surface area contributed by atoms with Gasteiger partial charge in [0.05, 0.1) is 4.47 Å². The molecule has 0 radical (unpaired) electrons. The number of aromatic nitrogens is 2. The maximum absolute atomic E-state index is 13.2. The smallest absolute Gasteiger partial charge is 0.280 e. The van der Waals surface area contributed by atoms with Crippen molar-refractivity contribution in [1.29, 1.82) is 0 Å². The minimum absolute atomic E-state index is 0.0288. The minimum Gasteiger partial charge on any atom is -0.329 e. The van der Waals surface area contributed by atoms with Crippen LogP contribution in [0.15, 0.2) is 33.9 Å². The van der Waals surface area contributed by atoms with E-state index in [0.29, 0.717) is 16.8 Å². The first-order valence-corrected chi connectivity index (χ1v) is 9.24. The van der Waals surface area contributed by atoms with E-state index in [-0.39, 0.29) is 16.8 Å². The predicted octanol–water partition coefficient (Wildman–Crippen LogP) is 3.88. The van der Waals surface area contributed by atoms with Crippen molar-refractivity contribution >= 4 is 35.7 Å². The fourth-order valence-corrected chi connectivity index (χ4v) is 3.05. The summed E-state index contributed by atoms with van der Waals surface area (Å²) in [4.78, 5) is 4.07. The zero-order valence-electron chi connectivity index (χ0n) is 11.3. The second-order valence-electron chi connectivity index (χ2n) is 4.91. The Bertz CT molecular complexity index is 774. The summed E-state index contributed by atoms with van der Waals surface area (Å²) in [5.41, 5.74) is 0.820. The van der Waals surface area contributed by atoms with Crippen LogP contribution in [-0.2, 0) is 15.6 Å². The molecule has 0 spiro atoms. The standard InChI is InChI=1S/C13H13BrClFN2O2S/c1-8(2)13-17-12(21(15,19)20)7-18(13)6-9-3-4-11(16)10(14)5-9/h3-5,7-8H,6H2,1-2H3. The molecule has 8 heteroatoms. The molecule has 1 aromatic heterocycles. The van der Waals surface area contributed by atoms with E-state index in [9.17, 15) is 12.8 Å². The van der Waals surface area contributed by atoms with Gasteiger partial charge in [0.1, 0.15) is 11.6 Å². The molecule has 114 valence electrons. The highest BCUT2D eigenvalue weighted by atomic mass is 79.9. The molecule has 2 aromatic rings. The Labute approximate surface area is 135 Å². The van der Waals surface area contributed by atoms with Crippen LogP contribution < -0.4 is 0 Å². The molecule has 0 saturated carbocycles. The van der Waals surface area contributed by atoms with Gasteiger partial charge in [0.2, 0.25) is 0 Å². The summed E-state index contributed by atoms with van der Waals surface area (Å²) >= 11 is 3.13. The number of hydrogen-bond acceptors (Lipinski definition) is 3. The molecule has 21 heavy (non-hydrogen) atoms. The summed E-state index contributed by atoms with van der Waals surface area (Å²) < 4.78 is 38.1. The predicted molar refractivity (Wildman–Crippen MR) is 82.6 cm³/mol. The topological polar surface area (TPSA) is 52.0 Å². The molecule has 0 saturated heterocycles. The molecule has 0 aliphatic carbocycles. The first kappa shape index (κ1) is 16.5. The van der Waals surface area contributed by atoms with Gasteiger partial charge in [-0.1, -0.05) is 19.9 Å². The lowest BCUT2D eigenvalue weighted by molar-refractivity contribution is 0.606. The van der Waals surface area contributed by atoms with Crippen molar-refractivity contribution in [2.24, 2.45) is 0 Å². The molecular weight excluding hydrogens is 383 g/mol. The average Bonchev–Trinajstić information content (AvgIpc) is 2.78. The first-order valence-electron chi connectivity index (χ1n) is 6.14. The Hall–Kier alpha value is -0.920. The van der Waals surface area contributed by atoms with E-state index in [1.165, 1.54) is 12.3 Å². The van der Waals surface area contributed by atoms with Crippen molar-refractivity contribution in [3.63, 3.8) is 0 Å². The fourth-order valence-electron chi connectivity index (χ4n) is 1.94. The van der Waals surface area contributed by atoms with Crippen LogP contribution in [0.5, 0.6) is 0 Å². The highest BCUT2D eigenvalue weighted by molar-refractivity contribution is 9.10. The Morgan fingerprint density at radius 3 is 2.62 bits per heavy atom. The molecular formula is C13H13BrClFN2O2S. The van der Waals surface area contributed by atoms with E-state index in [2.05, 4.69) is 20.9 Å². The third-order valence-corrected chi connectivity index (χ3v) is 4.67. The first-order chi connectivity index (χ1) is 9.68. The van der Waals surface area contributed by atoms with Crippen LogP contribution in [0.1, 0.15) is 31.2 Å². The number of rotatable bonds is 4. The molecule has 0 amide bonds. The van der Waals surface area contributed by atoms with E-state index in [0.717, 1.165) is 5.56 Å². The molecule has 4 nitrogen and oxygen atoms in total.